The van der Waals surface area contributed by atoms with Crippen molar-refractivity contribution in [2.45, 2.75) is 128 Å². The lowest BCUT2D eigenvalue weighted by atomic mass is 10.0. The molecule has 8 rings (SSSR count). The first kappa shape index (κ1) is 45.7. The molecule has 64 heavy (non-hydrogen) atoms. The van der Waals surface area contributed by atoms with Gasteiger partial charge in [-0.05, 0) is 75.9 Å². The number of unbranched alkanes of at least 4 members (excludes halogenated alkanes) is 13. The quantitative estimate of drug-likeness (QED) is 0.0696. The van der Waals surface area contributed by atoms with Gasteiger partial charge < -0.3 is 29.1 Å². The van der Waals surface area contributed by atoms with Crippen LogP contribution in [-0.2, 0) is 0 Å². The lowest BCUT2D eigenvalue weighted by Crippen LogP contribution is -2.47. The van der Waals surface area contributed by atoms with E-state index in [1.807, 2.05) is 9.13 Å². The zero-order valence-electron chi connectivity index (χ0n) is 37.4. The number of aromatic carboxylic acids is 2. The predicted molar refractivity (Wildman–Crippen MR) is 249 cm³/mol. The number of hydrogen-bond donors (Lipinski definition) is 2. The number of aromatic nitrogens is 2. The molecule has 0 spiro atoms. The lowest BCUT2D eigenvalue weighted by Gasteiger charge is -2.36. The predicted octanol–water partition coefficient (Wildman–Crippen LogP) is 9.07. The van der Waals surface area contributed by atoms with Gasteiger partial charge in [-0.3, -0.25) is 19.4 Å². The number of hydrogen-bond acceptors (Lipinski definition) is 8. The van der Waals surface area contributed by atoms with Crippen molar-refractivity contribution < 1.29 is 28.6 Å². The molecular weight excluding hydrogens is 819 g/mol. The Balaban J connectivity index is 0.626. The number of benzene rings is 2. The van der Waals surface area contributed by atoms with Gasteiger partial charge in [0.05, 0.1) is 22.4 Å². The van der Waals surface area contributed by atoms with E-state index in [-0.39, 0.29) is 34.0 Å². The average Bonchev–Trinajstić information content (AvgIpc) is 4.23. The van der Waals surface area contributed by atoms with Gasteiger partial charge in [0, 0.05) is 87.6 Å². The van der Waals surface area contributed by atoms with E-state index in [4.69, 9.17) is 0 Å². The third kappa shape index (κ3) is 11.0. The standard InChI is InChI=1S/C50H66F2N6O6/c51-41-29-37-43(57(35-15-16-35)33-39(47(37)59)49(61)62)31-45(41)55-25-21-53(22-26-55)19-13-11-9-7-5-3-1-2-4-6-8-10-12-14-20-54-23-27-56(28-24-54)46-32-44-38(30-42(46)52)48(60)40(50(63)64)34-58(44)36-17-18-36/h29-36H,1-28H2,(H,61,62)(H,63,64). The van der Waals surface area contributed by atoms with Gasteiger partial charge in [-0.2, -0.15) is 0 Å². The topological polar surface area (TPSA) is 132 Å². The number of fused-ring (bicyclic) bond motifs is 2. The smallest absolute Gasteiger partial charge is 0.341 e. The second kappa shape index (κ2) is 21.0. The van der Waals surface area contributed by atoms with Crippen LogP contribution in [-0.4, -0.2) is 107 Å². The summed E-state index contributed by atoms with van der Waals surface area (Å²) >= 11 is 0. The Labute approximate surface area is 374 Å². The van der Waals surface area contributed by atoms with Gasteiger partial charge in [-0.25, -0.2) is 18.4 Å². The molecule has 2 saturated carbocycles. The van der Waals surface area contributed by atoms with Crippen molar-refractivity contribution in [2.75, 3.05) is 75.2 Å². The largest absolute Gasteiger partial charge is 0.477 e. The summed E-state index contributed by atoms with van der Waals surface area (Å²) in [6, 6.07) is 6.29. The molecule has 2 N–H and O–H groups in total. The number of carbonyl (C=O) groups is 2. The summed E-state index contributed by atoms with van der Waals surface area (Å²) in [5.41, 5.74) is 0.358. The Morgan fingerprint density at radius 1 is 0.484 bits per heavy atom. The first-order valence-electron chi connectivity index (χ1n) is 24.3. The monoisotopic (exact) mass is 885 g/mol. The molecule has 2 aromatic carbocycles. The molecule has 2 aliphatic carbocycles. The van der Waals surface area contributed by atoms with Crippen LogP contribution in [0.4, 0.5) is 20.2 Å². The van der Waals surface area contributed by atoms with Gasteiger partial charge in [0.25, 0.3) is 0 Å². The number of carboxylic acid groups (broad SMARTS) is 2. The minimum absolute atomic E-state index is 0.138. The molecular formula is C50H66F2N6O6. The maximum atomic E-state index is 15.4. The van der Waals surface area contributed by atoms with Crippen molar-refractivity contribution in [3.63, 3.8) is 0 Å². The highest BCUT2D eigenvalue weighted by Gasteiger charge is 2.30. The van der Waals surface area contributed by atoms with Gasteiger partial charge in [-0.1, -0.05) is 77.0 Å². The van der Waals surface area contributed by atoms with E-state index in [9.17, 15) is 29.4 Å². The van der Waals surface area contributed by atoms with Crippen LogP contribution in [0.15, 0.2) is 46.2 Å². The molecule has 4 fully saturated rings. The fourth-order valence-electron chi connectivity index (χ4n) is 10.0. The molecule has 346 valence electrons. The third-order valence-electron chi connectivity index (χ3n) is 14.2. The SMILES string of the molecule is O=C(O)c1cn(C2CC2)c2cc(N3CCN(CCCCCCCCCCCCCCCCN4CCN(c5cc6c(cc5F)c(=O)c(C(=O)O)cn6C5CC5)CC4)CC3)c(F)cc2c1=O. The van der Waals surface area contributed by atoms with E-state index in [1.165, 1.54) is 114 Å². The minimum atomic E-state index is -1.28. The molecule has 4 aromatic rings. The van der Waals surface area contributed by atoms with E-state index >= 15 is 8.78 Å². The van der Waals surface area contributed by atoms with E-state index in [0.717, 1.165) is 91.1 Å². The molecule has 4 aliphatic rings. The van der Waals surface area contributed by atoms with Crippen LogP contribution >= 0.6 is 0 Å². The molecule has 0 unspecified atom stereocenters. The number of anilines is 2. The normalized spacial score (nSPS) is 17.5. The molecule has 0 atom stereocenters. The van der Waals surface area contributed by atoms with Crippen molar-refractivity contribution >= 4 is 45.1 Å². The fourth-order valence-corrected chi connectivity index (χ4v) is 10.0. The van der Waals surface area contributed by atoms with Crippen LogP contribution in [0.2, 0.25) is 0 Å². The van der Waals surface area contributed by atoms with E-state index < -0.39 is 34.4 Å². The zero-order chi connectivity index (χ0) is 44.7. The van der Waals surface area contributed by atoms with Crippen molar-refractivity contribution in [3.8, 4) is 0 Å². The Kier molecular flexibility index (Phi) is 15.0. The summed E-state index contributed by atoms with van der Waals surface area (Å²) in [4.78, 5) is 58.1. The van der Waals surface area contributed by atoms with Crippen LogP contribution < -0.4 is 20.7 Å². The first-order valence-corrected chi connectivity index (χ1v) is 24.3. The van der Waals surface area contributed by atoms with Crippen molar-refractivity contribution in [2.24, 2.45) is 0 Å². The highest BCUT2D eigenvalue weighted by molar-refractivity contribution is 5.94. The summed E-state index contributed by atoms with van der Waals surface area (Å²) in [6.07, 6.45) is 24.5. The number of piperazine rings is 2. The number of pyridine rings is 2. The minimum Gasteiger partial charge on any atom is -0.477 e. The molecule has 2 aromatic heterocycles. The number of rotatable bonds is 23. The van der Waals surface area contributed by atoms with Crippen LogP contribution in [0.3, 0.4) is 0 Å². The highest BCUT2D eigenvalue weighted by Crippen LogP contribution is 2.39. The van der Waals surface area contributed by atoms with E-state index in [0.29, 0.717) is 22.4 Å². The average molecular weight is 885 g/mol. The molecule has 14 heteroatoms. The molecule has 0 bridgehead atoms. The maximum Gasteiger partial charge on any atom is 0.341 e. The Morgan fingerprint density at radius 2 is 0.797 bits per heavy atom. The van der Waals surface area contributed by atoms with Crippen LogP contribution in [0, 0.1) is 11.6 Å². The molecule has 12 nitrogen and oxygen atoms in total. The second-order valence-electron chi connectivity index (χ2n) is 18.9. The van der Waals surface area contributed by atoms with Gasteiger partial charge in [0.2, 0.25) is 10.9 Å². The Morgan fingerprint density at radius 3 is 1.09 bits per heavy atom. The first-order chi connectivity index (χ1) is 31.1. The van der Waals surface area contributed by atoms with Gasteiger partial charge in [0.1, 0.15) is 22.8 Å². The van der Waals surface area contributed by atoms with Crippen LogP contribution in [0.1, 0.15) is 148 Å². The highest BCUT2D eigenvalue weighted by atomic mass is 19.1. The lowest BCUT2D eigenvalue weighted by molar-refractivity contribution is 0.0684. The Bertz CT molecular complexity index is 2250. The summed E-state index contributed by atoms with van der Waals surface area (Å²) in [6.45, 7) is 8.49. The van der Waals surface area contributed by atoms with Gasteiger partial charge in [-0.15, -0.1) is 0 Å². The summed E-state index contributed by atoms with van der Waals surface area (Å²) in [7, 11) is 0. The maximum absolute atomic E-state index is 15.4. The van der Waals surface area contributed by atoms with Gasteiger partial charge >= 0.3 is 11.9 Å². The fraction of sp³-hybridized carbons (Fsp3) is 0.600. The van der Waals surface area contributed by atoms with Crippen molar-refractivity contribution in [1.82, 2.24) is 18.9 Å². The van der Waals surface area contributed by atoms with Gasteiger partial charge in [0.15, 0.2) is 0 Å². The molecule has 4 heterocycles. The molecule has 0 amide bonds. The number of halogens is 2. The Hall–Kier alpha value is -4.82. The zero-order valence-corrected chi connectivity index (χ0v) is 37.4. The van der Waals surface area contributed by atoms with Crippen LogP contribution in [0.5, 0.6) is 0 Å². The van der Waals surface area contributed by atoms with E-state index in [2.05, 4.69) is 19.6 Å². The van der Waals surface area contributed by atoms with Crippen LogP contribution in [0.25, 0.3) is 21.8 Å². The van der Waals surface area contributed by atoms with Crippen molar-refractivity contribution in [1.29, 1.82) is 0 Å². The van der Waals surface area contributed by atoms with E-state index in [1.54, 1.807) is 12.1 Å². The number of carboxylic acids is 2. The molecule has 2 saturated heterocycles. The third-order valence-corrected chi connectivity index (χ3v) is 14.2. The van der Waals surface area contributed by atoms with Crippen molar-refractivity contribution in [3.05, 3.63) is 79.9 Å². The molecule has 0 radical (unpaired) electrons. The summed E-state index contributed by atoms with van der Waals surface area (Å²) in [5, 5.41) is 19.3. The molecule has 2 aliphatic heterocycles. The number of nitrogens with zero attached hydrogens (tertiary/aromatic N) is 6. The second-order valence-corrected chi connectivity index (χ2v) is 18.9. The summed E-state index contributed by atoms with van der Waals surface area (Å²) < 4.78 is 34.4. The summed E-state index contributed by atoms with van der Waals surface area (Å²) in [5.74, 6) is -3.50.